The van der Waals surface area contributed by atoms with Gasteiger partial charge in [0.05, 0.1) is 9.92 Å². The van der Waals surface area contributed by atoms with Crippen LogP contribution in [0.3, 0.4) is 0 Å². The molecule has 0 fully saturated rings. The molecule has 0 heterocycles. The van der Waals surface area contributed by atoms with Gasteiger partial charge in [-0.2, -0.15) is 0 Å². The third-order valence-corrected chi connectivity index (χ3v) is 5.00. The summed E-state index contributed by atoms with van der Waals surface area (Å²) in [7, 11) is -3.50. The Kier molecular flexibility index (Phi) is 8.35. The lowest BCUT2D eigenvalue weighted by atomic mass is 10.3. The number of hydrogen-bond donors (Lipinski definition) is 2. The van der Waals surface area contributed by atoms with E-state index < -0.39 is 10.0 Å². The zero-order valence-electron chi connectivity index (χ0n) is 10.7. The predicted octanol–water partition coefficient (Wildman–Crippen LogP) is 2.50. The van der Waals surface area contributed by atoms with Gasteiger partial charge in [0, 0.05) is 17.5 Å². The molecule has 1 atom stereocenters. The quantitative estimate of drug-likeness (QED) is 0.777. The van der Waals surface area contributed by atoms with Crippen molar-refractivity contribution in [2.45, 2.75) is 29.2 Å². The Bertz CT molecular complexity index is 507. The second kappa shape index (κ2) is 8.34. The van der Waals surface area contributed by atoms with Gasteiger partial charge in [-0.05, 0) is 37.8 Å². The van der Waals surface area contributed by atoms with E-state index >= 15 is 0 Å². The third-order valence-electron chi connectivity index (χ3n) is 2.33. The lowest BCUT2D eigenvalue weighted by molar-refractivity contribution is 0.571. The molecule has 0 saturated carbocycles. The maximum Gasteiger partial charge on any atom is 0.240 e. The fourth-order valence-electron chi connectivity index (χ4n) is 1.32. The molecule has 1 aromatic rings. The Morgan fingerprint density at radius 3 is 2.58 bits per heavy atom. The number of rotatable bonds is 6. The summed E-state index contributed by atoms with van der Waals surface area (Å²) in [6.07, 6.45) is 2.48. The van der Waals surface area contributed by atoms with E-state index in [1.54, 1.807) is 12.1 Å². The molecule has 8 heteroatoms. The van der Waals surface area contributed by atoms with Gasteiger partial charge in [0.1, 0.15) is 0 Å². The summed E-state index contributed by atoms with van der Waals surface area (Å²) in [5, 5.41) is 0.442. The number of thioether (sulfide) groups is 1. The highest BCUT2D eigenvalue weighted by atomic mass is 35.5. The van der Waals surface area contributed by atoms with Crippen LogP contribution in [0, 0.1) is 0 Å². The van der Waals surface area contributed by atoms with Crippen LogP contribution in [0.4, 0.5) is 0 Å². The lowest BCUT2D eigenvalue weighted by Gasteiger charge is -2.09. The molecule has 0 bridgehead atoms. The second-order valence-electron chi connectivity index (χ2n) is 3.96. The maximum absolute atomic E-state index is 11.9. The van der Waals surface area contributed by atoms with Gasteiger partial charge in [-0.15, -0.1) is 24.2 Å². The van der Waals surface area contributed by atoms with Crippen molar-refractivity contribution in [3.8, 4) is 0 Å². The topological polar surface area (TPSA) is 72.2 Å². The first-order valence-corrected chi connectivity index (χ1v) is 8.54. The Morgan fingerprint density at radius 2 is 2.11 bits per heavy atom. The normalized spacial score (nSPS) is 12.8. The van der Waals surface area contributed by atoms with Gasteiger partial charge < -0.3 is 5.73 Å². The van der Waals surface area contributed by atoms with E-state index in [1.165, 1.54) is 17.8 Å². The van der Waals surface area contributed by atoms with Gasteiger partial charge in [0.25, 0.3) is 0 Å². The Morgan fingerprint density at radius 1 is 1.47 bits per heavy atom. The fraction of sp³-hybridized carbons (Fsp3) is 0.455. The van der Waals surface area contributed by atoms with Crippen molar-refractivity contribution in [2.75, 3.05) is 12.8 Å². The number of sulfonamides is 1. The molecule has 0 saturated heterocycles. The Hall–Kier alpha value is 0.0200. The molecule has 3 N–H and O–H groups in total. The van der Waals surface area contributed by atoms with Crippen LogP contribution >= 0.6 is 35.8 Å². The van der Waals surface area contributed by atoms with E-state index in [4.69, 9.17) is 17.3 Å². The number of hydrogen-bond acceptors (Lipinski definition) is 4. The minimum atomic E-state index is -3.50. The summed E-state index contributed by atoms with van der Waals surface area (Å²) in [5.41, 5.74) is 5.56. The SMILES string of the molecule is CSc1ccc(S(=O)(=O)NCCC(C)N)cc1Cl.Cl. The van der Waals surface area contributed by atoms with E-state index in [1.807, 2.05) is 13.2 Å². The van der Waals surface area contributed by atoms with Crippen LogP contribution in [0.15, 0.2) is 28.0 Å². The van der Waals surface area contributed by atoms with Crippen molar-refractivity contribution in [1.29, 1.82) is 0 Å². The Labute approximate surface area is 129 Å². The molecule has 0 aliphatic rings. The lowest BCUT2D eigenvalue weighted by Crippen LogP contribution is -2.29. The summed E-state index contributed by atoms with van der Waals surface area (Å²) >= 11 is 7.46. The minimum Gasteiger partial charge on any atom is -0.328 e. The maximum atomic E-state index is 11.9. The summed E-state index contributed by atoms with van der Waals surface area (Å²) in [5.74, 6) is 0. The van der Waals surface area contributed by atoms with Crippen LogP contribution in [-0.4, -0.2) is 27.3 Å². The first kappa shape index (κ1) is 19.0. The summed E-state index contributed by atoms with van der Waals surface area (Å²) in [6.45, 7) is 2.15. The third kappa shape index (κ3) is 5.89. The first-order valence-electron chi connectivity index (χ1n) is 5.45. The van der Waals surface area contributed by atoms with E-state index in [0.717, 1.165) is 4.90 Å². The molecule has 0 aliphatic heterocycles. The van der Waals surface area contributed by atoms with Gasteiger partial charge in [0.15, 0.2) is 0 Å². The van der Waals surface area contributed by atoms with Crippen LogP contribution < -0.4 is 10.5 Å². The highest BCUT2D eigenvalue weighted by Crippen LogP contribution is 2.27. The zero-order chi connectivity index (χ0) is 13.8. The average Bonchev–Trinajstić information content (AvgIpc) is 2.28. The molecule has 0 aliphatic carbocycles. The van der Waals surface area contributed by atoms with E-state index in [0.29, 0.717) is 18.0 Å². The van der Waals surface area contributed by atoms with Crippen molar-refractivity contribution >= 4 is 45.8 Å². The van der Waals surface area contributed by atoms with Crippen LogP contribution in [0.1, 0.15) is 13.3 Å². The van der Waals surface area contributed by atoms with Gasteiger partial charge in [-0.3, -0.25) is 0 Å². The molecule has 1 rings (SSSR count). The van der Waals surface area contributed by atoms with Crippen LogP contribution in [0.25, 0.3) is 0 Å². The molecule has 19 heavy (non-hydrogen) atoms. The number of nitrogens with one attached hydrogen (secondary N) is 1. The fourth-order valence-corrected chi connectivity index (χ4v) is 3.33. The van der Waals surface area contributed by atoms with Gasteiger partial charge in [-0.25, -0.2) is 13.1 Å². The van der Waals surface area contributed by atoms with E-state index in [-0.39, 0.29) is 23.3 Å². The average molecular weight is 345 g/mol. The smallest absolute Gasteiger partial charge is 0.240 e. The predicted molar refractivity (Wildman–Crippen MR) is 83.9 cm³/mol. The molecule has 1 unspecified atom stereocenters. The first-order chi connectivity index (χ1) is 8.36. The van der Waals surface area contributed by atoms with Crippen molar-refractivity contribution in [3.63, 3.8) is 0 Å². The number of nitrogens with two attached hydrogens (primary N) is 1. The number of benzene rings is 1. The standard InChI is InChI=1S/C11H17ClN2O2S2.ClH/c1-8(13)5-6-14-18(15,16)9-3-4-11(17-2)10(12)7-9;/h3-4,7-8,14H,5-6,13H2,1-2H3;1H. The highest BCUT2D eigenvalue weighted by Gasteiger charge is 2.15. The Balaban J connectivity index is 0.00000324. The molecule has 110 valence electrons. The van der Waals surface area contributed by atoms with Crippen LogP contribution in [0.2, 0.25) is 5.02 Å². The molecule has 1 aromatic carbocycles. The monoisotopic (exact) mass is 344 g/mol. The summed E-state index contributed by atoms with van der Waals surface area (Å²) in [6, 6.07) is 4.68. The second-order valence-corrected chi connectivity index (χ2v) is 6.98. The molecular formula is C11H18Cl2N2O2S2. The van der Waals surface area contributed by atoms with Crippen LogP contribution in [-0.2, 0) is 10.0 Å². The van der Waals surface area contributed by atoms with Crippen molar-refractivity contribution in [1.82, 2.24) is 4.72 Å². The minimum absolute atomic E-state index is 0. The molecule has 0 amide bonds. The zero-order valence-corrected chi connectivity index (χ0v) is 13.9. The molecule has 4 nitrogen and oxygen atoms in total. The van der Waals surface area contributed by atoms with Crippen molar-refractivity contribution in [3.05, 3.63) is 23.2 Å². The van der Waals surface area contributed by atoms with Crippen molar-refractivity contribution in [2.24, 2.45) is 5.73 Å². The highest BCUT2D eigenvalue weighted by molar-refractivity contribution is 7.98. The van der Waals surface area contributed by atoms with Gasteiger partial charge >= 0.3 is 0 Å². The molecule has 0 aromatic heterocycles. The van der Waals surface area contributed by atoms with Gasteiger partial charge in [-0.1, -0.05) is 11.6 Å². The largest absolute Gasteiger partial charge is 0.328 e. The summed E-state index contributed by atoms with van der Waals surface area (Å²) < 4.78 is 26.4. The van der Waals surface area contributed by atoms with E-state index in [2.05, 4.69) is 4.72 Å². The van der Waals surface area contributed by atoms with Crippen molar-refractivity contribution < 1.29 is 8.42 Å². The van der Waals surface area contributed by atoms with E-state index in [9.17, 15) is 8.42 Å². The molecule has 0 radical (unpaired) electrons. The number of halogens is 2. The molecule has 0 spiro atoms. The summed E-state index contributed by atoms with van der Waals surface area (Å²) in [4.78, 5) is 1.03. The van der Waals surface area contributed by atoms with Crippen LogP contribution in [0.5, 0.6) is 0 Å². The van der Waals surface area contributed by atoms with Gasteiger partial charge in [0.2, 0.25) is 10.0 Å². The molecular weight excluding hydrogens is 327 g/mol.